The van der Waals surface area contributed by atoms with Crippen molar-refractivity contribution >= 4 is 11.9 Å². The number of anilines is 1. The summed E-state index contributed by atoms with van der Waals surface area (Å²) in [6.45, 7) is 3.70. The highest BCUT2D eigenvalue weighted by molar-refractivity contribution is 5.91. The molecule has 0 aliphatic carbocycles. The van der Waals surface area contributed by atoms with Gasteiger partial charge in [0.1, 0.15) is 6.10 Å². The van der Waals surface area contributed by atoms with Crippen LogP contribution in [-0.4, -0.2) is 24.7 Å². The van der Waals surface area contributed by atoms with Gasteiger partial charge in [0.05, 0.1) is 6.61 Å². The van der Waals surface area contributed by atoms with Crippen LogP contribution in [0.3, 0.4) is 0 Å². The maximum atomic E-state index is 11.3. The Balaban J connectivity index is 2.90. The molecule has 1 unspecified atom stereocenters. The van der Waals surface area contributed by atoms with E-state index in [-0.39, 0.29) is 30.2 Å². The highest BCUT2D eigenvalue weighted by Crippen LogP contribution is 2.21. The quantitative estimate of drug-likeness (QED) is 0.756. The van der Waals surface area contributed by atoms with Gasteiger partial charge in [-0.05, 0) is 13.8 Å². The molecule has 1 rings (SSSR count). The summed E-state index contributed by atoms with van der Waals surface area (Å²) >= 11 is 0. The zero-order chi connectivity index (χ0) is 11.4. The Morgan fingerprint density at radius 3 is 2.87 bits per heavy atom. The van der Waals surface area contributed by atoms with E-state index >= 15 is 0 Å². The molecule has 84 valence electrons. The van der Waals surface area contributed by atoms with E-state index in [0.29, 0.717) is 0 Å². The van der Waals surface area contributed by atoms with Crippen LogP contribution in [0, 0.1) is 0 Å². The molecular formula is C9H14N2O4. The number of ether oxygens (including phenoxy) is 2. The molecule has 0 fully saturated rings. The summed E-state index contributed by atoms with van der Waals surface area (Å²) in [5.41, 5.74) is 5.48. The summed E-state index contributed by atoms with van der Waals surface area (Å²) in [5, 5.41) is 0. The molecule has 0 spiro atoms. The van der Waals surface area contributed by atoms with Gasteiger partial charge in [-0.2, -0.15) is 0 Å². The van der Waals surface area contributed by atoms with Crippen LogP contribution in [0.5, 0.6) is 0 Å². The zero-order valence-electron chi connectivity index (χ0n) is 8.94. The first-order valence-electron chi connectivity index (χ1n) is 4.56. The van der Waals surface area contributed by atoms with Crippen molar-refractivity contribution in [1.82, 2.24) is 4.98 Å². The predicted molar refractivity (Wildman–Crippen MR) is 52.3 cm³/mol. The largest absolute Gasteiger partial charge is 0.461 e. The highest BCUT2D eigenvalue weighted by atomic mass is 16.5. The normalized spacial score (nSPS) is 12.5. The average Bonchev–Trinajstić information content (AvgIpc) is 2.59. The first-order chi connectivity index (χ1) is 7.10. The molecule has 1 aromatic heterocycles. The van der Waals surface area contributed by atoms with E-state index in [2.05, 4.69) is 4.98 Å². The second-order valence-corrected chi connectivity index (χ2v) is 2.86. The Kier molecular flexibility index (Phi) is 3.68. The minimum absolute atomic E-state index is 0.00394. The molecule has 0 aliphatic rings. The van der Waals surface area contributed by atoms with Gasteiger partial charge < -0.3 is 19.6 Å². The average molecular weight is 214 g/mol. The lowest BCUT2D eigenvalue weighted by Gasteiger charge is -2.01. The molecular weight excluding hydrogens is 200 g/mol. The Labute approximate surface area is 87.4 Å². The number of carbonyl (C=O) groups excluding carboxylic acids is 1. The van der Waals surface area contributed by atoms with Crippen molar-refractivity contribution in [2.45, 2.75) is 20.0 Å². The number of rotatable bonds is 4. The van der Waals surface area contributed by atoms with Gasteiger partial charge in [0.25, 0.3) is 0 Å². The Morgan fingerprint density at radius 1 is 1.67 bits per heavy atom. The van der Waals surface area contributed by atoms with Crippen molar-refractivity contribution < 1.29 is 18.7 Å². The maximum Gasteiger partial charge on any atom is 0.362 e. The number of nitrogen functional groups attached to an aromatic ring is 1. The monoisotopic (exact) mass is 214 g/mol. The van der Waals surface area contributed by atoms with Crippen LogP contribution in [0.15, 0.2) is 4.42 Å². The summed E-state index contributed by atoms with van der Waals surface area (Å²) in [6.07, 6.45) is -0.351. The van der Waals surface area contributed by atoms with E-state index in [1.165, 1.54) is 7.11 Å². The summed E-state index contributed by atoms with van der Waals surface area (Å²) in [6, 6.07) is 0. The van der Waals surface area contributed by atoms with E-state index < -0.39 is 5.97 Å². The lowest BCUT2D eigenvalue weighted by molar-refractivity contribution is 0.0520. The molecule has 0 saturated heterocycles. The van der Waals surface area contributed by atoms with Crippen LogP contribution in [0.1, 0.15) is 36.3 Å². The van der Waals surface area contributed by atoms with Crippen LogP contribution in [0.2, 0.25) is 0 Å². The summed E-state index contributed by atoms with van der Waals surface area (Å²) in [5.74, 6) is -0.376. The lowest BCUT2D eigenvalue weighted by Crippen LogP contribution is -2.08. The number of oxazole rings is 1. The first-order valence-corrected chi connectivity index (χ1v) is 4.56. The molecule has 1 heterocycles. The fourth-order valence-corrected chi connectivity index (χ4v) is 0.969. The molecule has 0 radical (unpaired) electrons. The van der Waals surface area contributed by atoms with Crippen molar-refractivity contribution in [3.8, 4) is 0 Å². The van der Waals surface area contributed by atoms with Crippen molar-refractivity contribution in [2.24, 2.45) is 0 Å². The topological polar surface area (TPSA) is 87.6 Å². The van der Waals surface area contributed by atoms with Gasteiger partial charge in [0.15, 0.2) is 0 Å². The molecule has 0 bridgehead atoms. The van der Waals surface area contributed by atoms with Gasteiger partial charge in [-0.15, -0.1) is 0 Å². The van der Waals surface area contributed by atoms with Gasteiger partial charge in [0, 0.05) is 7.11 Å². The summed E-state index contributed by atoms with van der Waals surface area (Å²) in [4.78, 5) is 15.2. The SMILES string of the molecule is CCOC(=O)c1nc(C(C)OC)oc1N. The minimum atomic E-state index is -0.590. The first kappa shape index (κ1) is 11.5. The number of hydrogen-bond acceptors (Lipinski definition) is 6. The minimum Gasteiger partial charge on any atom is -0.461 e. The molecule has 1 aromatic rings. The van der Waals surface area contributed by atoms with E-state index in [4.69, 9.17) is 19.6 Å². The molecule has 6 heteroatoms. The Bertz CT molecular complexity index is 348. The highest BCUT2D eigenvalue weighted by Gasteiger charge is 2.21. The molecule has 15 heavy (non-hydrogen) atoms. The number of methoxy groups -OCH3 is 1. The number of hydrogen-bond donors (Lipinski definition) is 1. The molecule has 6 nitrogen and oxygen atoms in total. The molecule has 0 amide bonds. The van der Waals surface area contributed by atoms with Crippen molar-refractivity contribution in [3.63, 3.8) is 0 Å². The third-order valence-corrected chi connectivity index (χ3v) is 1.84. The third kappa shape index (κ3) is 2.47. The second-order valence-electron chi connectivity index (χ2n) is 2.86. The van der Waals surface area contributed by atoms with Crippen LogP contribution in [-0.2, 0) is 9.47 Å². The number of esters is 1. The van der Waals surface area contributed by atoms with Crippen molar-refractivity contribution in [2.75, 3.05) is 19.5 Å². The van der Waals surface area contributed by atoms with Crippen LogP contribution < -0.4 is 5.73 Å². The van der Waals surface area contributed by atoms with Gasteiger partial charge in [-0.3, -0.25) is 0 Å². The van der Waals surface area contributed by atoms with Crippen LogP contribution >= 0.6 is 0 Å². The van der Waals surface area contributed by atoms with Gasteiger partial charge in [-0.1, -0.05) is 0 Å². The van der Waals surface area contributed by atoms with Crippen molar-refractivity contribution in [3.05, 3.63) is 11.6 Å². The summed E-state index contributed by atoms with van der Waals surface area (Å²) in [7, 11) is 1.51. The third-order valence-electron chi connectivity index (χ3n) is 1.84. The number of nitrogens with zero attached hydrogens (tertiary/aromatic N) is 1. The van der Waals surface area contributed by atoms with Gasteiger partial charge in [-0.25, -0.2) is 9.78 Å². The predicted octanol–water partition coefficient (Wildman–Crippen LogP) is 1.14. The molecule has 2 N–H and O–H groups in total. The van der Waals surface area contributed by atoms with Gasteiger partial charge in [0.2, 0.25) is 17.5 Å². The number of aromatic nitrogens is 1. The van der Waals surface area contributed by atoms with Crippen LogP contribution in [0.4, 0.5) is 5.88 Å². The molecule has 0 aliphatic heterocycles. The molecule has 0 saturated carbocycles. The van der Waals surface area contributed by atoms with E-state index in [0.717, 1.165) is 0 Å². The Morgan fingerprint density at radius 2 is 2.33 bits per heavy atom. The van der Waals surface area contributed by atoms with Crippen molar-refractivity contribution in [1.29, 1.82) is 0 Å². The fourth-order valence-electron chi connectivity index (χ4n) is 0.969. The maximum absolute atomic E-state index is 11.3. The number of carbonyl (C=O) groups is 1. The standard InChI is InChI=1S/C9H14N2O4/c1-4-14-9(12)6-7(10)15-8(11-6)5(2)13-3/h5H,4,10H2,1-3H3. The molecule has 1 atom stereocenters. The summed E-state index contributed by atoms with van der Waals surface area (Å²) < 4.78 is 14.8. The van der Waals surface area contributed by atoms with E-state index in [9.17, 15) is 4.79 Å². The second kappa shape index (κ2) is 4.79. The van der Waals surface area contributed by atoms with Gasteiger partial charge >= 0.3 is 5.97 Å². The van der Waals surface area contributed by atoms with E-state index in [1.54, 1.807) is 13.8 Å². The lowest BCUT2D eigenvalue weighted by atomic mass is 10.4. The zero-order valence-corrected chi connectivity index (χ0v) is 8.94. The number of nitrogens with two attached hydrogens (primary N) is 1. The van der Waals surface area contributed by atoms with Crippen LogP contribution in [0.25, 0.3) is 0 Å². The Hall–Kier alpha value is -1.56. The van der Waals surface area contributed by atoms with E-state index in [1.807, 2.05) is 0 Å². The molecule has 0 aromatic carbocycles. The fraction of sp³-hybridized carbons (Fsp3) is 0.556. The smallest absolute Gasteiger partial charge is 0.362 e.